The first kappa shape index (κ1) is 24.9. The van der Waals surface area contributed by atoms with Gasteiger partial charge in [-0.05, 0) is 70.0 Å². The lowest BCUT2D eigenvalue weighted by molar-refractivity contribution is 0.0244. The fourth-order valence-corrected chi connectivity index (χ4v) is 4.62. The molecule has 0 spiro atoms. The average molecular weight is 493 g/mol. The third-order valence-corrected chi connectivity index (χ3v) is 6.62. The maximum Gasteiger partial charge on any atom is 0.259 e. The predicted molar refractivity (Wildman–Crippen MR) is 135 cm³/mol. The van der Waals surface area contributed by atoms with Gasteiger partial charge in [-0.2, -0.15) is 10.4 Å². The summed E-state index contributed by atoms with van der Waals surface area (Å²) < 4.78 is 1.69. The van der Waals surface area contributed by atoms with Crippen LogP contribution in [-0.4, -0.2) is 55.9 Å². The van der Waals surface area contributed by atoms with Crippen LogP contribution < -0.4 is 5.32 Å². The van der Waals surface area contributed by atoms with Gasteiger partial charge in [0.2, 0.25) is 0 Å². The number of rotatable bonds is 6. The molecule has 3 aromatic rings. The highest BCUT2D eigenvalue weighted by molar-refractivity contribution is 6.30. The van der Waals surface area contributed by atoms with Crippen LogP contribution in [0.4, 0.5) is 5.69 Å². The van der Waals surface area contributed by atoms with Gasteiger partial charge in [-0.15, -0.1) is 0 Å². The first-order valence-corrected chi connectivity index (χ1v) is 11.9. The van der Waals surface area contributed by atoms with E-state index in [9.17, 15) is 15.2 Å². The predicted octanol–water partition coefficient (Wildman–Crippen LogP) is 4.11. The number of β-amino-alcohol motifs (C(OH)–C–C–N with tert-alkyl or cyclic N) is 1. The summed E-state index contributed by atoms with van der Waals surface area (Å²) in [5, 5.41) is 27.9. The number of benzene rings is 1. The molecule has 1 saturated heterocycles. The van der Waals surface area contributed by atoms with Gasteiger partial charge in [0.05, 0.1) is 52.4 Å². The third kappa shape index (κ3) is 5.54. The topological polar surface area (TPSA) is 107 Å². The monoisotopic (exact) mass is 492 g/mol. The van der Waals surface area contributed by atoms with E-state index in [2.05, 4.69) is 26.4 Å². The van der Waals surface area contributed by atoms with Crippen LogP contribution in [0.2, 0.25) is 5.02 Å². The second-order valence-corrected chi connectivity index (χ2v) is 10.1. The van der Waals surface area contributed by atoms with Crippen LogP contribution in [-0.2, 0) is 5.41 Å². The molecule has 8 nitrogen and oxygen atoms in total. The number of hydrogen-bond donors (Lipinski definition) is 2. The zero-order valence-electron chi connectivity index (χ0n) is 20.1. The van der Waals surface area contributed by atoms with E-state index in [0.717, 1.165) is 5.69 Å². The number of anilines is 1. The largest absolute Gasteiger partial charge is 0.389 e. The first-order chi connectivity index (χ1) is 16.6. The van der Waals surface area contributed by atoms with E-state index < -0.39 is 11.0 Å². The van der Waals surface area contributed by atoms with Gasteiger partial charge in [0.25, 0.3) is 5.91 Å². The first-order valence-electron chi connectivity index (χ1n) is 11.5. The molecule has 2 N–H and O–H groups in total. The van der Waals surface area contributed by atoms with Gasteiger partial charge in [0, 0.05) is 24.7 Å². The average Bonchev–Trinajstić information content (AvgIpc) is 3.21. The second kappa shape index (κ2) is 9.78. The van der Waals surface area contributed by atoms with E-state index in [4.69, 9.17) is 11.6 Å². The molecule has 35 heavy (non-hydrogen) atoms. The number of carbonyl (C=O) groups excluding carboxylic acids is 1. The molecule has 3 heterocycles. The lowest BCUT2D eigenvalue weighted by atomic mass is 9.76. The number of nitrogens with zero attached hydrogens (tertiary/aromatic N) is 5. The van der Waals surface area contributed by atoms with Gasteiger partial charge in [-0.3, -0.25) is 9.78 Å². The maximum atomic E-state index is 12.9. The number of pyridine rings is 1. The summed E-state index contributed by atoms with van der Waals surface area (Å²) in [5.41, 5.74) is 1.78. The highest BCUT2D eigenvalue weighted by Gasteiger charge is 2.38. The zero-order chi connectivity index (χ0) is 25.2. The number of carbonyl (C=O) groups is 1. The molecule has 0 unspecified atom stereocenters. The van der Waals surface area contributed by atoms with Crippen LogP contribution >= 0.6 is 11.6 Å². The lowest BCUT2D eigenvalue weighted by Crippen LogP contribution is -2.47. The SMILES string of the molecule is Cc1c(C(=O)Nc2ccc(C3(C#N)CCN(CC(C)(C)O)CC3)nc2)cnn1-c1ccc(Cl)cc1. The molecular formula is C26H29ClN6O2. The van der Waals surface area contributed by atoms with Crippen molar-refractivity contribution < 1.29 is 9.90 Å². The summed E-state index contributed by atoms with van der Waals surface area (Å²) >= 11 is 5.96. The number of hydrogen-bond acceptors (Lipinski definition) is 6. The number of likely N-dealkylation sites (tertiary alicyclic amines) is 1. The minimum absolute atomic E-state index is 0.285. The summed E-state index contributed by atoms with van der Waals surface area (Å²) in [6.07, 6.45) is 4.41. The molecule has 1 aliphatic rings. The van der Waals surface area contributed by atoms with Crippen molar-refractivity contribution in [1.82, 2.24) is 19.7 Å². The van der Waals surface area contributed by atoms with Gasteiger partial charge < -0.3 is 15.3 Å². The molecule has 1 amide bonds. The Kier molecular flexibility index (Phi) is 6.95. The third-order valence-electron chi connectivity index (χ3n) is 6.37. The molecule has 0 atom stereocenters. The Morgan fingerprint density at radius 2 is 1.89 bits per heavy atom. The van der Waals surface area contributed by atoms with Gasteiger partial charge >= 0.3 is 0 Å². The van der Waals surface area contributed by atoms with Crippen molar-refractivity contribution in [3.8, 4) is 11.8 Å². The van der Waals surface area contributed by atoms with Gasteiger partial charge in [-0.1, -0.05) is 11.6 Å². The molecule has 9 heteroatoms. The molecular weight excluding hydrogens is 464 g/mol. The van der Waals surface area contributed by atoms with Crippen LogP contribution in [0.15, 0.2) is 48.8 Å². The molecule has 0 saturated carbocycles. The van der Waals surface area contributed by atoms with Crippen molar-refractivity contribution in [3.63, 3.8) is 0 Å². The molecule has 1 aromatic carbocycles. The van der Waals surface area contributed by atoms with E-state index in [1.165, 1.54) is 6.20 Å². The van der Waals surface area contributed by atoms with Gasteiger partial charge in [0.1, 0.15) is 5.41 Å². The van der Waals surface area contributed by atoms with Crippen molar-refractivity contribution in [2.45, 2.75) is 44.6 Å². The molecule has 4 rings (SSSR count). The highest BCUT2D eigenvalue weighted by atomic mass is 35.5. The fraction of sp³-hybridized carbons (Fsp3) is 0.385. The van der Waals surface area contributed by atoms with Crippen molar-refractivity contribution in [1.29, 1.82) is 5.26 Å². The molecule has 1 aliphatic heterocycles. The van der Waals surface area contributed by atoms with E-state index in [-0.39, 0.29) is 5.91 Å². The normalized spacial score (nSPS) is 16.0. The van der Waals surface area contributed by atoms with Crippen LogP contribution in [0.25, 0.3) is 5.69 Å². The van der Waals surface area contributed by atoms with E-state index in [1.54, 1.807) is 42.9 Å². The fourth-order valence-electron chi connectivity index (χ4n) is 4.49. The van der Waals surface area contributed by atoms with Gasteiger partial charge in [-0.25, -0.2) is 4.68 Å². The quantitative estimate of drug-likeness (QED) is 0.536. The highest BCUT2D eigenvalue weighted by Crippen LogP contribution is 2.34. The molecule has 0 bridgehead atoms. The van der Waals surface area contributed by atoms with Gasteiger partial charge in [0.15, 0.2) is 0 Å². The molecule has 182 valence electrons. The number of halogens is 1. The smallest absolute Gasteiger partial charge is 0.259 e. The van der Waals surface area contributed by atoms with Crippen LogP contribution in [0, 0.1) is 18.3 Å². The minimum Gasteiger partial charge on any atom is -0.389 e. The summed E-state index contributed by atoms with van der Waals surface area (Å²) in [6, 6.07) is 13.3. The van der Waals surface area contributed by atoms with Crippen molar-refractivity contribution in [3.05, 3.63) is 70.8 Å². The Morgan fingerprint density at radius 1 is 1.20 bits per heavy atom. The lowest BCUT2D eigenvalue weighted by Gasteiger charge is -2.39. The Hall–Kier alpha value is -3.25. The maximum absolute atomic E-state index is 12.9. The van der Waals surface area contributed by atoms with E-state index in [1.807, 2.05) is 25.1 Å². The van der Waals surface area contributed by atoms with Crippen LogP contribution in [0.3, 0.4) is 0 Å². The number of nitrogens with one attached hydrogen (secondary N) is 1. The number of aliphatic hydroxyl groups is 1. The summed E-state index contributed by atoms with van der Waals surface area (Å²) in [6.45, 7) is 7.42. The number of nitriles is 1. The van der Waals surface area contributed by atoms with Crippen molar-refractivity contribution >= 4 is 23.2 Å². The summed E-state index contributed by atoms with van der Waals surface area (Å²) in [7, 11) is 0. The Morgan fingerprint density at radius 3 is 2.46 bits per heavy atom. The Bertz CT molecular complexity index is 1230. The summed E-state index contributed by atoms with van der Waals surface area (Å²) in [5.74, 6) is -0.285. The van der Waals surface area contributed by atoms with Crippen LogP contribution in [0.1, 0.15) is 48.4 Å². The Labute approximate surface area is 210 Å². The zero-order valence-corrected chi connectivity index (χ0v) is 20.9. The molecule has 0 aliphatic carbocycles. The van der Waals surface area contributed by atoms with E-state index >= 15 is 0 Å². The van der Waals surface area contributed by atoms with Crippen molar-refractivity contribution in [2.24, 2.45) is 0 Å². The number of amides is 1. The Balaban J connectivity index is 1.44. The molecule has 1 fully saturated rings. The number of aromatic nitrogens is 3. The second-order valence-electron chi connectivity index (χ2n) is 9.70. The van der Waals surface area contributed by atoms with E-state index in [0.29, 0.717) is 60.1 Å². The minimum atomic E-state index is -0.769. The summed E-state index contributed by atoms with van der Waals surface area (Å²) in [4.78, 5) is 19.6. The molecule has 0 radical (unpaired) electrons. The van der Waals surface area contributed by atoms with Crippen LogP contribution in [0.5, 0.6) is 0 Å². The number of piperidine rings is 1. The standard InChI is InChI=1S/C26H29ClN6O2/c1-18-22(15-30-33(18)21-7-4-19(27)5-8-21)24(34)31-20-6-9-23(29-14-20)26(16-28)10-12-32(13-11-26)17-25(2,3)35/h4-9,14-15,35H,10-13,17H2,1-3H3,(H,31,34). The van der Waals surface area contributed by atoms with Crippen molar-refractivity contribution in [2.75, 3.05) is 25.0 Å². The molecule has 2 aromatic heterocycles.